The Labute approximate surface area is 131 Å². The average Bonchev–Trinajstić information content (AvgIpc) is 3.19. The molecule has 1 heterocycles. The summed E-state index contributed by atoms with van der Waals surface area (Å²) in [6.45, 7) is 1.67. The molecule has 1 aliphatic heterocycles. The molecular weight excluding hydrogens is 276 g/mol. The minimum absolute atomic E-state index is 0.0160. The molecule has 1 atom stereocenters. The van der Waals surface area contributed by atoms with E-state index in [-0.39, 0.29) is 11.8 Å². The lowest BCUT2D eigenvalue weighted by atomic mass is 10.0. The summed E-state index contributed by atoms with van der Waals surface area (Å²) in [7, 11) is 0. The highest BCUT2D eigenvalue weighted by molar-refractivity contribution is 5.97. The van der Waals surface area contributed by atoms with Crippen molar-refractivity contribution in [3.05, 3.63) is 42.0 Å². The maximum Gasteiger partial charge on any atom is 0.253 e. The number of likely N-dealkylation sites (tertiary alicyclic amines) is 1. The van der Waals surface area contributed by atoms with Crippen LogP contribution in [0.3, 0.4) is 0 Å². The number of anilines is 1. The third-order valence-corrected chi connectivity index (χ3v) is 4.35. The first-order valence-corrected chi connectivity index (χ1v) is 8.08. The zero-order valence-electron chi connectivity index (χ0n) is 12.8. The molecule has 2 amide bonds. The van der Waals surface area contributed by atoms with E-state index in [9.17, 15) is 9.59 Å². The maximum absolute atomic E-state index is 12.4. The fraction of sp³-hybridized carbons (Fsp3) is 0.444. The molecule has 22 heavy (non-hydrogen) atoms. The van der Waals surface area contributed by atoms with Crippen molar-refractivity contribution in [1.29, 1.82) is 0 Å². The van der Waals surface area contributed by atoms with Crippen LogP contribution in [0.5, 0.6) is 0 Å². The van der Waals surface area contributed by atoms with E-state index in [2.05, 4.69) is 17.5 Å². The highest BCUT2D eigenvalue weighted by Crippen LogP contribution is 2.21. The van der Waals surface area contributed by atoms with Crippen LogP contribution in [-0.4, -0.2) is 29.8 Å². The van der Waals surface area contributed by atoms with E-state index < -0.39 is 0 Å². The largest absolute Gasteiger partial charge is 0.339 e. The van der Waals surface area contributed by atoms with Gasteiger partial charge in [0.1, 0.15) is 0 Å². The topological polar surface area (TPSA) is 49.4 Å². The molecule has 4 nitrogen and oxygen atoms in total. The Morgan fingerprint density at radius 1 is 1.23 bits per heavy atom. The van der Waals surface area contributed by atoms with Crippen LogP contribution in [-0.2, 0) is 4.79 Å². The third-order valence-electron chi connectivity index (χ3n) is 4.35. The number of hydrogen-bond donors (Lipinski definition) is 1. The number of carbonyl (C=O) groups excluding carboxylic acids is 2. The van der Waals surface area contributed by atoms with Crippen LogP contribution in [0.1, 0.15) is 42.5 Å². The molecule has 1 aromatic carbocycles. The van der Waals surface area contributed by atoms with Gasteiger partial charge in [-0.2, -0.15) is 0 Å². The quantitative estimate of drug-likeness (QED) is 0.868. The molecule has 2 aliphatic rings. The number of rotatable bonds is 4. The smallest absolute Gasteiger partial charge is 0.253 e. The van der Waals surface area contributed by atoms with Crippen LogP contribution in [0.2, 0.25) is 0 Å². The lowest BCUT2D eigenvalue weighted by molar-refractivity contribution is -0.116. The molecule has 0 unspecified atom stereocenters. The van der Waals surface area contributed by atoms with E-state index in [0.717, 1.165) is 38.8 Å². The third kappa shape index (κ3) is 3.56. The number of nitrogens with one attached hydrogen (secondary N) is 1. The summed E-state index contributed by atoms with van der Waals surface area (Å²) in [5.74, 6) is 0.434. The van der Waals surface area contributed by atoms with Crippen molar-refractivity contribution in [1.82, 2.24) is 4.90 Å². The molecule has 4 heteroatoms. The summed E-state index contributed by atoms with van der Waals surface area (Å²) < 4.78 is 0. The normalized spacial score (nSPS) is 20.4. The van der Waals surface area contributed by atoms with Gasteiger partial charge in [-0.1, -0.05) is 18.2 Å². The number of amides is 2. The number of hydrogen-bond acceptors (Lipinski definition) is 2. The Balaban J connectivity index is 1.61. The molecule has 1 saturated heterocycles. The predicted octanol–water partition coefficient (Wildman–Crippen LogP) is 3.22. The number of allylic oxidation sites excluding steroid dienone is 2. The molecule has 1 N–H and O–H groups in total. The first-order valence-electron chi connectivity index (χ1n) is 8.08. The van der Waals surface area contributed by atoms with Gasteiger partial charge in [-0.3, -0.25) is 9.59 Å². The van der Waals surface area contributed by atoms with E-state index in [0.29, 0.717) is 23.6 Å². The molecular formula is C18H22N2O2. The summed E-state index contributed by atoms with van der Waals surface area (Å²) in [4.78, 5) is 26.3. The van der Waals surface area contributed by atoms with E-state index in [4.69, 9.17) is 0 Å². The Bertz CT molecular complexity index is 589. The van der Waals surface area contributed by atoms with Gasteiger partial charge < -0.3 is 10.2 Å². The van der Waals surface area contributed by atoms with Gasteiger partial charge in [0.25, 0.3) is 5.91 Å². The summed E-state index contributed by atoms with van der Waals surface area (Å²) in [5.41, 5.74) is 1.36. The first kappa shape index (κ1) is 14.8. The highest BCUT2D eigenvalue weighted by atomic mass is 16.2. The Kier molecular flexibility index (Phi) is 4.56. The number of carbonyl (C=O) groups is 2. The van der Waals surface area contributed by atoms with Crippen molar-refractivity contribution in [2.75, 3.05) is 18.4 Å². The van der Waals surface area contributed by atoms with Gasteiger partial charge in [-0.05, 0) is 49.8 Å². The molecule has 0 saturated carbocycles. The van der Waals surface area contributed by atoms with Crippen LogP contribution >= 0.6 is 0 Å². The van der Waals surface area contributed by atoms with Crippen LogP contribution in [0.25, 0.3) is 0 Å². The standard InChI is InChI=1S/C18H22N2O2/c21-17(12-14-6-1-2-7-14)19-16-9-5-8-15(13-16)18(22)20-10-3-4-11-20/h1,5-6,8-9,13-14H,2-4,7,10-12H2,(H,19,21)/t14-/m1/s1. The van der Waals surface area contributed by atoms with Crippen molar-refractivity contribution in [2.24, 2.45) is 5.92 Å². The first-order chi connectivity index (χ1) is 10.7. The van der Waals surface area contributed by atoms with E-state index >= 15 is 0 Å². The molecule has 0 radical (unpaired) electrons. The lowest BCUT2D eigenvalue weighted by Gasteiger charge is -2.16. The number of nitrogens with zero attached hydrogens (tertiary/aromatic N) is 1. The van der Waals surface area contributed by atoms with Gasteiger partial charge in [-0.15, -0.1) is 0 Å². The summed E-state index contributed by atoms with van der Waals surface area (Å²) >= 11 is 0. The minimum Gasteiger partial charge on any atom is -0.339 e. The zero-order chi connectivity index (χ0) is 15.4. The van der Waals surface area contributed by atoms with Crippen molar-refractivity contribution in [3.8, 4) is 0 Å². The van der Waals surface area contributed by atoms with E-state index in [1.807, 2.05) is 23.1 Å². The lowest BCUT2D eigenvalue weighted by Crippen LogP contribution is -2.27. The monoisotopic (exact) mass is 298 g/mol. The van der Waals surface area contributed by atoms with Crippen molar-refractivity contribution in [2.45, 2.75) is 32.1 Å². The predicted molar refractivity (Wildman–Crippen MR) is 86.7 cm³/mol. The molecule has 0 bridgehead atoms. The van der Waals surface area contributed by atoms with Crippen LogP contribution < -0.4 is 5.32 Å². The van der Waals surface area contributed by atoms with Gasteiger partial charge in [-0.25, -0.2) is 0 Å². The van der Waals surface area contributed by atoms with Crippen molar-refractivity contribution in [3.63, 3.8) is 0 Å². The van der Waals surface area contributed by atoms with E-state index in [1.54, 1.807) is 6.07 Å². The Morgan fingerprint density at radius 2 is 2.05 bits per heavy atom. The van der Waals surface area contributed by atoms with Gasteiger partial charge >= 0.3 is 0 Å². The Hall–Kier alpha value is -2.10. The van der Waals surface area contributed by atoms with Gasteiger partial charge in [0.15, 0.2) is 0 Å². The second-order valence-corrected chi connectivity index (χ2v) is 6.10. The summed E-state index contributed by atoms with van der Waals surface area (Å²) in [6, 6.07) is 7.26. The fourth-order valence-corrected chi connectivity index (χ4v) is 3.15. The number of benzene rings is 1. The van der Waals surface area contributed by atoms with Gasteiger partial charge in [0.05, 0.1) is 0 Å². The SMILES string of the molecule is O=C(C[C@@H]1C=CCC1)Nc1cccc(C(=O)N2CCCC2)c1. The second-order valence-electron chi connectivity index (χ2n) is 6.10. The zero-order valence-corrected chi connectivity index (χ0v) is 12.8. The van der Waals surface area contributed by atoms with Crippen LogP contribution in [0.4, 0.5) is 5.69 Å². The van der Waals surface area contributed by atoms with Crippen molar-refractivity contribution >= 4 is 17.5 Å². The Morgan fingerprint density at radius 3 is 2.77 bits per heavy atom. The highest BCUT2D eigenvalue weighted by Gasteiger charge is 2.20. The van der Waals surface area contributed by atoms with Crippen molar-refractivity contribution < 1.29 is 9.59 Å². The molecule has 1 fully saturated rings. The van der Waals surface area contributed by atoms with Gasteiger partial charge in [0.2, 0.25) is 5.91 Å². The summed E-state index contributed by atoms with van der Waals surface area (Å²) in [6.07, 6.45) is 9.05. The van der Waals surface area contributed by atoms with Crippen LogP contribution in [0, 0.1) is 5.92 Å². The van der Waals surface area contributed by atoms with Gasteiger partial charge in [0, 0.05) is 30.8 Å². The molecule has 1 aromatic rings. The molecule has 3 rings (SSSR count). The second kappa shape index (κ2) is 6.77. The fourth-order valence-electron chi connectivity index (χ4n) is 3.15. The average molecular weight is 298 g/mol. The van der Waals surface area contributed by atoms with Crippen LogP contribution in [0.15, 0.2) is 36.4 Å². The molecule has 0 aromatic heterocycles. The minimum atomic E-state index is 0.0160. The maximum atomic E-state index is 12.4. The molecule has 116 valence electrons. The molecule has 1 aliphatic carbocycles. The molecule has 0 spiro atoms. The van der Waals surface area contributed by atoms with E-state index in [1.165, 1.54) is 0 Å². The summed E-state index contributed by atoms with van der Waals surface area (Å²) in [5, 5.41) is 2.91.